The zero-order valence-corrected chi connectivity index (χ0v) is 26.4. The third-order valence-corrected chi connectivity index (χ3v) is 7.37. The third kappa shape index (κ3) is 9.03. The van der Waals surface area contributed by atoms with Gasteiger partial charge in [0.25, 0.3) is 5.09 Å². The molecule has 4 N–H and O–H groups in total. The van der Waals surface area contributed by atoms with E-state index in [1.165, 1.54) is 0 Å². The number of benzene rings is 3. The molecule has 242 valence electrons. The van der Waals surface area contributed by atoms with Crippen LogP contribution < -0.4 is 11.6 Å². The molecule has 0 aliphatic carbocycles. The number of nitrogens with zero attached hydrogens (tertiary/aromatic N) is 5. The van der Waals surface area contributed by atoms with Crippen LogP contribution in [0, 0.1) is 10.1 Å². The number of imidazole rings is 1. The molecule has 0 radical (unpaired) electrons. The topological polar surface area (TPSA) is 173 Å². The smallest absolute Gasteiger partial charge is 0.442 e. The largest absolute Gasteiger partial charge is 0.445 e. The number of amidine groups is 1. The predicted octanol–water partition coefficient (Wildman–Crippen LogP) is 5.58. The zero-order chi connectivity index (χ0) is 33.1. The summed E-state index contributed by atoms with van der Waals surface area (Å²) in [6.45, 7) is 2.82. The van der Waals surface area contributed by atoms with Crippen molar-refractivity contribution in [2.75, 3.05) is 7.11 Å². The molecule has 13 nitrogen and oxygen atoms in total. The molecule has 14 heteroatoms. The Morgan fingerprint density at radius 3 is 2.33 bits per heavy atom. The van der Waals surface area contributed by atoms with E-state index in [1.54, 1.807) is 37.4 Å². The lowest BCUT2D eigenvalue weighted by atomic mass is 9.98. The van der Waals surface area contributed by atoms with Gasteiger partial charge in [-0.1, -0.05) is 97.7 Å². The fraction of sp³-hybridized carbons (Fsp3) is 0.281. The highest BCUT2D eigenvalue weighted by Crippen LogP contribution is 2.26. The zero-order valence-electron chi connectivity index (χ0n) is 25.6. The van der Waals surface area contributed by atoms with Crippen LogP contribution >= 0.6 is 11.6 Å². The van der Waals surface area contributed by atoms with E-state index in [1.807, 2.05) is 42.5 Å². The van der Waals surface area contributed by atoms with Gasteiger partial charge in [0.1, 0.15) is 19.0 Å². The Labute approximate surface area is 271 Å². The number of hydrogen-bond acceptors (Lipinski definition) is 9. The van der Waals surface area contributed by atoms with Crippen LogP contribution in [0.4, 0.5) is 4.79 Å². The van der Waals surface area contributed by atoms with Crippen molar-refractivity contribution in [3.63, 3.8) is 0 Å². The first-order chi connectivity index (χ1) is 22.2. The summed E-state index contributed by atoms with van der Waals surface area (Å²) in [4.78, 5) is 31.8. The molecule has 1 aromatic heterocycles. The summed E-state index contributed by atoms with van der Waals surface area (Å²) < 4.78 is 12.7. The fourth-order valence-corrected chi connectivity index (χ4v) is 4.96. The quantitative estimate of drug-likeness (QED) is 0.0416. The summed E-state index contributed by atoms with van der Waals surface area (Å²) in [7, 11) is 1.64. The Balaban J connectivity index is 1.44. The Bertz CT molecular complexity index is 1660. The van der Waals surface area contributed by atoms with E-state index < -0.39 is 11.2 Å². The lowest BCUT2D eigenvalue weighted by Gasteiger charge is -2.15. The maximum Gasteiger partial charge on any atom is 0.445 e. The van der Waals surface area contributed by atoms with Gasteiger partial charge in [-0.05, 0) is 34.2 Å². The highest BCUT2D eigenvalue weighted by Gasteiger charge is 2.17. The van der Waals surface area contributed by atoms with E-state index >= 15 is 0 Å². The molecule has 1 amide bonds. The average Bonchev–Trinajstić information content (AvgIpc) is 3.35. The first kappa shape index (κ1) is 33.9. The van der Waals surface area contributed by atoms with Gasteiger partial charge in [0.2, 0.25) is 0 Å². The number of methoxy groups -OCH3 is 1. The number of rotatable bonds is 15. The van der Waals surface area contributed by atoms with Gasteiger partial charge in [0.15, 0.2) is 11.0 Å². The standard InChI is InChI=1S/C32H36ClN7O6/c1-3-4-9-29-36-30(33)28(21-44-2)38(29)18-22-14-16-25(17-15-22)26-7-5-6-8-27(26)31(34)37-39(35)32(41)45-19-23-10-12-24(13-11-23)20-46-40(42)43/h5-8,10-17H,3-4,9,18-21,35H2,1-2H3,(H2,34,37). The number of hydrazine groups is 1. The number of aryl methyl sites for hydroxylation is 1. The van der Waals surface area contributed by atoms with Crippen molar-refractivity contribution < 1.29 is 24.2 Å². The fourth-order valence-electron chi connectivity index (χ4n) is 4.70. The Kier molecular flexibility index (Phi) is 12.1. The summed E-state index contributed by atoms with van der Waals surface area (Å²) in [5, 5.41) is 14.5. The predicted molar refractivity (Wildman–Crippen MR) is 173 cm³/mol. The first-order valence-corrected chi connectivity index (χ1v) is 14.9. The Morgan fingerprint density at radius 2 is 1.67 bits per heavy atom. The number of hydrogen-bond donors (Lipinski definition) is 2. The second-order valence-electron chi connectivity index (χ2n) is 10.3. The number of nitrogens with two attached hydrogens (primary N) is 2. The molecule has 3 aromatic carbocycles. The van der Waals surface area contributed by atoms with Gasteiger partial charge < -0.3 is 24.6 Å². The Hall–Kier alpha value is -4.98. The highest BCUT2D eigenvalue weighted by atomic mass is 35.5. The normalized spacial score (nSPS) is 11.3. The molecule has 0 atom stereocenters. The average molecular weight is 650 g/mol. The number of carbonyl (C=O) groups is 1. The van der Waals surface area contributed by atoms with Crippen LogP contribution in [-0.2, 0) is 47.1 Å². The second kappa shape index (κ2) is 16.4. The number of unbranched alkanes of at least 4 members (excludes halogenated alkanes) is 1. The maximum atomic E-state index is 12.5. The SMILES string of the molecule is CCCCc1nc(Cl)c(COC)n1Cc1ccc(-c2ccccc2/C(N)=N/N(N)C(=O)OCc2ccc(CO[N+](=O)[O-])cc2)cc1. The van der Waals surface area contributed by atoms with Gasteiger partial charge >= 0.3 is 6.09 Å². The number of hydrazone groups is 1. The van der Waals surface area contributed by atoms with Crippen LogP contribution in [0.25, 0.3) is 11.1 Å². The van der Waals surface area contributed by atoms with E-state index in [0.717, 1.165) is 47.5 Å². The number of amides is 1. The first-order valence-electron chi connectivity index (χ1n) is 14.5. The maximum absolute atomic E-state index is 12.5. The van der Waals surface area contributed by atoms with Crippen LogP contribution in [0.1, 0.15) is 53.5 Å². The minimum Gasteiger partial charge on any atom is -0.442 e. The molecule has 0 bridgehead atoms. The van der Waals surface area contributed by atoms with Gasteiger partial charge in [-0.15, -0.1) is 20.3 Å². The van der Waals surface area contributed by atoms with E-state index in [9.17, 15) is 14.9 Å². The van der Waals surface area contributed by atoms with E-state index in [4.69, 9.17) is 32.7 Å². The summed E-state index contributed by atoms with van der Waals surface area (Å²) in [5.74, 6) is 6.81. The Morgan fingerprint density at radius 1 is 1.02 bits per heavy atom. The van der Waals surface area contributed by atoms with Gasteiger partial charge in [0.05, 0.1) is 12.3 Å². The number of aromatic nitrogens is 2. The molecule has 46 heavy (non-hydrogen) atoms. The van der Waals surface area contributed by atoms with Gasteiger partial charge in [0, 0.05) is 25.6 Å². The van der Waals surface area contributed by atoms with Crippen molar-refractivity contribution in [1.29, 1.82) is 0 Å². The van der Waals surface area contributed by atoms with Crippen LogP contribution in [-0.4, -0.2) is 38.8 Å². The summed E-state index contributed by atoms with van der Waals surface area (Å²) in [5.41, 5.74) is 11.7. The van der Waals surface area contributed by atoms with Crippen LogP contribution in [0.3, 0.4) is 0 Å². The van der Waals surface area contributed by atoms with Crippen molar-refractivity contribution in [2.24, 2.45) is 16.7 Å². The molecule has 4 rings (SSSR count). The monoisotopic (exact) mass is 649 g/mol. The van der Waals surface area contributed by atoms with Gasteiger partial charge in [-0.2, -0.15) is 0 Å². The van der Waals surface area contributed by atoms with Gasteiger partial charge in [-0.25, -0.2) is 15.6 Å². The molecule has 0 spiro atoms. The van der Waals surface area contributed by atoms with Crippen LogP contribution in [0.5, 0.6) is 0 Å². The van der Waals surface area contributed by atoms with Crippen LogP contribution in [0.15, 0.2) is 77.9 Å². The molecular formula is C32H36ClN7O6. The van der Waals surface area contributed by atoms with Crippen molar-refractivity contribution in [3.8, 4) is 11.1 Å². The van der Waals surface area contributed by atoms with E-state index in [0.29, 0.717) is 40.1 Å². The molecule has 0 saturated carbocycles. The molecule has 0 unspecified atom stereocenters. The molecule has 0 aliphatic heterocycles. The number of ether oxygens (including phenoxy) is 2. The van der Waals surface area contributed by atoms with Crippen molar-refractivity contribution >= 4 is 23.5 Å². The molecule has 0 saturated heterocycles. The number of carbonyl (C=O) groups excluding carboxylic acids is 1. The second-order valence-corrected chi connectivity index (χ2v) is 10.7. The third-order valence-electron chi connectivity index (χ3n) is 7.07. The highest BCUT2D eigenvalue weighted by molar-refractivity contribution is 6.30. The molecule has 1 heterocycles. The summed E-state index contributed by atoms with van der Waals surface area (Å²) in [6, 6.07) is 22.0. The molecule has 0 fully saturated rings. The molecule has 4 aromatic rings. The lowest BCUT2D eigenvalue weighted by Crippen LogP contribution is -2.35. The minimum absolute atomic E-state index is 0.0205. The van der Waals surface area contributed by atoms with E-state index in [2.05, 4.69) is 26.4 Å². The number of halogens is 1. The molecular weight excluding hydrogens is 614 g/mol. The minimum atomic E-state index is -0.920. The van der Waals surface area contributed by atoms with Crippen LogP contribution in [0.2, 0.25) is 5.15 Å². The lowest BCUT2D eigenvalue weighted by molar-refractivity contribution is -0.763. The van der Waals surface area contributed by atoms with E-state index in [-0.39, 0.29) is 19.0 Å². The van der Waals surface area contributed by atoms with Crippen molar-refractivity contribution in [2.45, 2.75) is 52.6 Å². The molecule has 0 aliphatic rings. The van der Waals surface area contributed by atoms with Gasteiger partial charge in [-0.3, -0.25) is 0 Å². The summed E-state index contributed by atoms with van der Waals surface area (Å²) in [6.07, 6.45) is 1.97. The van der Waals surface area contributed by atoms with Crippen molar-refractivity contribution in [1.82, 2.24) is 14.7 Å². The summed E-state index contributed by atoms with van der Waals surface area (Å²) >= 11 is 6.45. The van der Waals surface area contributed by atoms with Crippen molar-refractivity contribution in [3.05, 3.63) is 122 Å².